The van der Waals surface area contributed by atoms with E-state index in [1.807, 2.05) is 48.5 Å². The molecule has 0 aliphatic carbocycles. The maximum atomic E-state index is 6.12. The van der Waals surface area contributed by atoms with Crippen LogP contribution in [-0.2, 0) is 6.54 Å². The van der Waals surface area contributed by atoms with Crippen LogP contribution in [0.1, 0.15) is 5.56 Å². The Hall–Kier alpha value is -2.39. The zero-order chi connectivity index (χ0) is 14.5. The summed E-state index contributed by atoms with van der Waals surface area (Å²) in [7, 11) is 0. The van der Waals surface area contributed by atoms with Crippen molar-refractivity contribution < 1.29 is 0 Å². The molecule has 0 aliphatic heterocycles. The van der Waals surface area contributed by atoms with Gasteiger partial charge in [-0.05, 0) is 29.8 Å². The number of anilines is 2. The van der Waals surface area contributed by atoms with Crippen LogP contribution in [-0.4, -0.2) is 9.97 Å². The molecular weight excluding hydrogens is 282 g/mol. The number of rotatable bonds is 4. The molecule has 104 valence electrons. The molecule has 0 aliphatic rings. The van der Waals surface area contributed by atoms with E-state index >= 15 is 0 Å². The van der Waals surface area contributed by atoms with Gasteiger partial charge in [-0.3, -0.25) is 0 Å². The van der Waals surface area contributed by atoms with Crippen LogP contribution in [0.15, 0.2) is 73.2 Å². The highest BCUT2D eigenvalue weighted by atomic mass is 35.5. The summed E-state index contributed by atoms with van der Waals surface area (Å²) in [6.07, 6.45) is 3.29. The van der Waals surface area contributed by atoms with Crippen LogP contribution in [0.2, 0.25) is 5.02 Å². The zero-order valence-corrected chi connectivity index (χ0v) is 12.1. The second-order valence-electron chi connectivity index (χ2n) is 4.62. The van der Waals surface area contributed by atoms with Crippen molar-refractivity contribution >= 4 is 23.1 Å². The molecule has 4 heteroatoms. The third kappa shape index (κ3) is 3.38. The van der Waals surface area contributed by atoms with Crippen LogP contribution in [0.25, 0.3) is 0 Å². The van der Waals surface area contributed by atoms with Gasteiger partial charge in [0.2, 0.25) is 0 Å². The van der Waals surface area contributed by atoms with Crippen LogP contribution in [0.3, 0.4) is 0 Å². The van der Waals surface area contributed by atoms with Crippen molar-refractivity contribution in [1.29, 1.82) is 0 Å². The molecule has 3 aromatic rings. The molecule has 0 radical (unpaired) electrons. The molecule has 0 unspecified atom stereocenters. The molecule has 0 atom stereocenters. The highest BCUT2D eigenvalue weighted by Crippen LogP contribution is 2.27. The Morgan fingerprint density at radius 1 is 0.952 bits per heavy atom. The van der Waals surface area contributed by atoms with Crippen LogP contribution in [0, 0.1) is 0 Å². The van der Waals surface area contributed by atoms with Gasteiger partial charge in [-0.25, -0.2) is 9.97 Å². The Morgan fingerprint density at radius 3 is 2.52 bits per heavy atom. The van der Waals surface area contributed by atoms with Crippen molar-refractivity contribution in [1.82, 2.24) is 9.97 Å². The number of hydrogen-bond donors (Lipinski definition) is 0. The van der Waals surface area contributed by atoms with E-state index in [0.29, 0.717) is 5.02 Å². The van der Waals surface area contributed by atoms with E-state index in [-0.39, 0.29) is 0 Å². The van der Waals surface area contributed by atoms with Crippen molar-refractivity contribution in [3.05, 3.63) is 83.8 Å². The number of nitrogens with zero attached hydrogens (tertiary/aromatic N) is 3. The monoisotopic (exact) mass is 295 g/mol. The summed E-state index contributed by atoms with van der Waals surface area (Å²) in [6, 6.07) is 19.9. The van der Waals surface area contributed by atoms with E-state index in [2.05, 4.69) is 27.0 Å². The predicted molar refractivity (Wildman–Crippen MR) is 85.8 cm³/mol. The first-order chi connectivity index (χ1) is 10.3. The maximum absolute atomic E-state index is 6.12. The summed E-state index contributed by atoms with van der Waals surface area (Å²) < 4.78 is 0. The summed E-state index contributed by atoms with van der Waals surface area (Å²) in [4.78, 5) is 10.4. The van der Waals surface area contributed by atoms with Gasteiger partial charge in [-0.15, -0.1) is 0 Å². The maximum Gasteiger partial charge on any atom is 0.136 e. The van der Waals surface area contributed by atoms with Gasteiger partial charge < -0.3 is 4.90 Å². The van der Waals surface area contributed by atoms with E-state index < -0.39 is 0 Å². The van der Waals surface area contributed by atoms with Crippen molar-refractivity contribution in [2.24, 2.45) is 0 Å². The van der Waals surface area contributed by atoms with Gasteiger partial charge >= 0.3 is 0 Å². The average Bonchev–Trinajstić information content (AvgIpc) is 2.54. The minimum atomic E-state index is 0.708. The second kappa shape index (κ2) is 6.37. The lowest BCUT2D eigenvalue weighted by Crippen LogP contribution is -2.17. The molecule has 0 fully saturated rings. The van der Waals surface area contributed by atoms with E-state index in [4.69, 9.17) is 11.6 Å². The predicted octanol–water partition coefficient (Wildman–Crippen LogP) is 4.47. The highest BCUT2D eigenvalue weighted by Gasteiger charge is 2.11. The Labute approximate surface area is 128 Å². The lowest BCUT2D eigenvalue weighted by molar-refractivity contribution is 0.938. The molecule has 21 heavy (non-hydrogen) atoms. The first-order valence-electron chi connectivity index (χ1n) is 6.66. The van der Waals surface area contributed by atoms with Gasteiger partial charge in [0.15, 0.2) is 0 Å². The van der Waals surface area contributed by atoms with Gasteiger partial charge in [0.05, 0.1) is 0 Å². The molecule has 3 rings (SSSR count). The molecule has 0 N–H and O–H groups in total. The van der Waals surface area contributed by atoms with Crippen molar-refractivity contribution in [2.45, 2.75) is 6.54 Å². The van der Waals surface area contributed by atoms with Crippen molar-refractivity contribution in [3.8, 4) is 0 Å². The van der Waals surface area contributed by atoms with Crippen LogP contribution >= 0.6 is 11.6 Å². The van der Waals surface area contributed by atoms with E-state index in [1.54, 1.807) is 12.5 Å². The fraction of sp³-hybridized carbons (Fsp3) is 0.0588. The number of halogens is 1. The first-order valence-corrected chi connectivity index (χ1v) is 7.04. The van der Waals surface area contributed by atoms with Crippen LogP contribution in [0.4, 0.5) is 11.5 Å². The normalized spacial score (nSPS) is 10.3. The Kier molecular flexibility index (Phi) is 4.12. The highest BCUT2D eigenvalue weighted by molar-refractivity contribution is 6.30. The van der Waals surface area contributed by atoms with Gasteiger partial charge in [0.1, 0.15) is 12.1 Å². The smallest absolute Gasteiger partial charge is 0.136 e. The zero-order valence-electron chi connectivity index (χ0n) is 11.4. The van der Waals surface area contributed by atoms with Crippen LogP contribution in [0.5, 0.6) is 0 Å². The lowest BCUT2D eigenvalue weighted by atomic mass is 10.2. The van der Waals surface area contributed by atoms with Gasteiger partial charge in [-0.1, -0.05) is 48.0 Å². The molecule has 0 amide bonds. The standard InChI is InChI=1S/C17H14ClN3/c18-15-7-4-8-16(11-15)21(17-9-10-19-13-20-17)12-14-5-2-1-3-6-14/h1-11,13H,12H2. The molecule has 0 saturated heterocycles. The second-order valence-corrected chi connectivity index (χ2v) is 5.06. The molecule has 2 aromatic carbocycles. The fourth-order valence-corrected chi connectivity index (χ4v) is 2.34. The topological polar surface area (TPSA) is 29.0 Å². The SMILES string of the molecule is Clc1cccc(N(Cc2ccccc2)c2ccncn2)c1. The number of benzene rings is 2. The summed E-state index contributed by atoms with van der Waals surface area (Å²) in [6.45, 7) is 0.720. The van der Waals surface area contributed by atoms with Crippen molar-refractivity contribution in [2.75, 3.05) is 4.90 Å². The third-order valence-electron chi connectivity index (χ3n) is 3.15. The quantitative estimate of drug-likeness (QED) is 0.711. The summed E-state index contributed by atoms with van der Waals surface area (Å²) in [5, 5.41) is 0.708. The molecule has 1 aromatic heterocycles. The summed E-state index contributed by atoms with van der Waals surface area (Å²) in [5.41, 5.74) is 2.21. The number of hydrogen-bond acceptors (Lipinski definition) is 3. The molecule has 0 spiro atoms. The first kappa shape index (κ1) is 13.6. The molecule has 0 saturated carbocycles. The molecule has 3 nitrogen and oxygen atoms in total. The van der Waals surface area contributed by atoms with Gasteiger partial charge in [0, 0.05) is 23.5 Å². The number of aromatic nitrogens is 2. The molecule has 0 bridgehead atoms. The van der Waals surface area contributed by atoms with Crippen molar-refractivity contribution in [3.63, 3.8) is 0 Å². The Balaban J connectivity index is 1.99. The van der Waals surface area contributed by atoms with Crippen LogP contribution < -0.4 is 4.90 Å². The van der Waals surface area contributed by atoms with Gasteiger partial charge in [-0.2, -0.15) is 0 Å². The molecule has 1 heterocycles. The van der Waals surface area contributed by atoms with E-state index in [1.165, 1.54) is 5.56 Å². The Bertz CT molecular complexity index is 701. The largest absolute Gasteiger partial charge is 0.322 e. The minimum Gasteiger partial charge on any atom is -0.322 e. The fourth-order valence-electron chi connectivity index (χ4n) is 2.16. The Morgan fingerprint density at radius 2 is 1.81 bits per heavy atom. The molecular formula is C17H14ClN3. The van der Waals surface area contributed by atoms with E-state index in [9.17, 15) is 0 Å². The third-order valence-corrected chi connectivity index (χ3v) is 3.38. The average molecular weight is 296 g/mol. The van der Waals surface area contributed by atoms with E-state index in [0.717, 1.165) is 18.1 Å². The summed E-state index contributed by atoms with van der Waals surface area (Å²) >= 11 is 6.12. The van der Waals surface area contributed by atoms with Gasteiger partial charge in [0.25, 0.3) is 0 Å². The minimum absolute atomic E-state index is 0.708. The summed E-state index contributed by atoms with van der Waals surface area (Å²) in [5.74, 6) is 0.844. The lowest BCUT2D eigenvalue weighted by Gasteiger charge is -2.24.